The van der Waals surface area contributed by atoms with Crippen LogP contribution in [0.15, 0.2) is 21.5 Å². The number of hydrogen-bond donors (Lipinski definition) is 0. The Morgan fingerprint density at radius 3 is 2.29 bits per heavy atom. The van der Waals surface area contributed by atoms with Crippen LogP contribution in [0.4, 0.5) is 0 Å². The molecule has 164 valence electrons. The summed E-state index contributed by atoms with van der Waals surface area (Å²) in [4.78, 5) is 19.1. The monoisotopic (exact) mass is 632 g/mol. The number of carbonyl (C=O) groups excluding carboxylic acids is 1. The fourth-order valence-corrected chi connectivity index (χ4v) is 5.11. The van der Waals surface area contributed by atoms with Gasteiger partial charge in [0.05, 0.1) is 0 Å². The summed E-state index contributed by atoms with van der Waals surface area (Å²) < 4.78 is 18.9. The molecule has 0 N–H and O–H groups in total. The molecule has 0 rings (SSSR count). The Hall–Kier alpha value is 0.456. The Morgan fingerprint density at radius 1 is 1.18 bits per heavy atom. The molecule has 0 aromatic rings. The molecule has 4 nitrogen and oxygen atoms in total. The second-order valence-electron chi connectivity index (χ2n) is 9.76. The molecule has 2 atom stereocenters. The molecule has 0 heterocycles. The summed E-state index contributed by atoms with van der Waals surface area (Å²) in [5.41, 5.74) is 0. The number of rotatable bonds is 13. The van der Waals surface area contributed by atoms with E-state index in [0.717, 1.165) is 29.3 Å². The van der Waals surface area contributed by atoms with Crippen molar-refractivity contribution in [1.82, 2.24) is 0 Å². The van der Waals surface area contributed by atoms with E-state index < -0.39 is 26.5 Å². The van der Waals surface area contributed by atoms with Gasteiger partial charge in [0.1, 0.15) is 0 Å². The van der Waals surface area contributed by atoms with Crippen LogP contribution in [0.1, 0.15) is 27.2 Å². The van der Waals surface area contributed by atoms with Crippen LogP contribution in [0.3, 0.4) is 0 Å². The molecule has 0 radical (unpaired) electrons. The zero-order chi connectivity index (χ0) is 22.0. The molecule has 0 fully saturated rings. The number of halogens is 1. The Labute approximate surface area is 191 Å². The molecule has 0 amide bonds. The number of hydrogen-bond acceptors (Lipinski definition) is 4. The minimum absolute atomic E-state index is 0.0839. The van der Waals surface area contributed by atoms with Crippen LogP contribution in [0, 0.1) is 5.92 Å². The molecule has 0 saturated heterocycles. The molecular formula is C21H41IO4SiSn. The van der Waals surface area contributed by atoms with E-state index in [1.54, 1.807) is 6.08 Å². The van der Waals surface area contributed by atoms with E-state index in [1.165, 1.54) is 3.59 Å². The van der Waals surface area contributed by atoms with Crippen molar-refractivity contribution in [1.29, 1.82) is 0 Å². The third-order valence-corrected chi connectivity index (χ3v) is 14.3. The van der Waals surface area contributed by atoms with Crippen molar-refractivity contribution >= 4 is 55.0 Å². The maximum atomic E-state index is 12.2. The smallest absolute Gasteiger partial charge is 0.0695 e. The average Bonchev–Trinajstić information content (AvgIpc) is 2.51. The molecule has 28 heavy (non-hydrogen) atoms. The normalized spacial score (nSPS) is 15.9. The second-order valence-corrected chi connectivity index (χ2v) is 31.4. The van der Waals surface area contributed by atoms with Crippen molar-refractivity contribution < 1.29 is 19.0 Å². The van der Waals surface area contributed by atoms with Crippen molar-refractivity contribution in [2.75, 3.05) is 17.8 Å². The number of allylic oxidation sites excluding steroid dienone is 3. The maximum absolute atomic E-state index is 12.2. The van der Waals surface area contributed by atoms with Gasteiger partial charge in [-0.15, -0.1) is 0 Å². The van der Waals surface area contributed by atoms with Gasteiger partial charge in [0, 0.05) is 14.7 Å². The van der Waals surface area contributed by atoms with Crippen LogP contribution in [0.25, 0.3) is 0 Å². The number of alkyl halides is 1. The Bertz CT molecular complexity index is 536. The summed E-state index contributed by atoms with van der Waals surface area (Å²) in [7, 11) is -1.06. The molecule has 0 aliphatic carbocycles. The summed E-state index contributed by atoms with van der Waals surface area (Å²) in [6.45, 7) is 14.2. The van der Waals surface area contributed by atoms with E-state index >= 15 is 0 Å². The minimum Gasteiger partial charge on any atom is -0.0695 e. The van der Waals surface area contributed by atoms with Gasteiger partial charge in [-0.05, 0) is 6.04 Å². The van der Waals surface area contributed by atoms with Gasteiger partial charge in [0.2, 0.25) is 0 Å². The van der Waals surface area contributed by atoms with Gasteiger partial charge in [-0.1, -0.05) is 19.6 Å². The summed E-state index contributed by atoms with van der Waals surface area (Å²) in [5, 5.41) is 0. The molecule has 0 spiro atoms. The van der Waals surface area contributed by atoms with Crippen LogP contribution in [-0.2, 0) is 19.0 Å². The van der Waals surface area contributed by atoms with E-state index in [0.29, 0.717) is 6.79 Å². The standard InChI is InChI=1S/C18H32IO4Si.3CH3.Sn/c1-7-8-18(20)23-17(13-19)12-15(2)11-16(3)22-14-21-9-10-24(4,5)6;;;;/h8,11,15,17H,9-10,12-14H2,1-6H3;3*1H3;/b8-7?,16-11+;;;;/t15-,17-;;;;/m0..../s1. The number of ether oxygens (including phenoxy) is 3. The van der Waals surface area contributed by atoms with Gasteiger partial charge in [-0.3, -0.25) is 0 Å². The Morgan fingerprint density at radius 2 is 1.79 bits per heavy atom. The van der Waals surface area contributed by atoms with Crippen molar-refractivity contribution in [2.24, 2.45) is 5.92 Å². The van der Waals surface area contributed by atoms with Crippen molar-refractivity contribution in [3.63, 3.8) is 0 Å². The van der Waals surface area contributed by atoms with E-state index in [9.17, 15) is 4.79 Å². The van der Waals surface area contributed by atoms with Gasteiger partial charge in [-0.25, -0.2) is 0 Å². The summed E-state index contributed by atoms with van der Waals surface area (Å²) in [5.74, 6) is 0.920. The zero-order valence-electron chi connectivity index (χ0n) is 19.4. The predicted molar refractivity (Wildman–Crippen MR) is 133 cm³/mol. The third-order valence-electron chi connectivity index (χ3n) is 4.49. The molecule has 0 aliphatic heterocycles. The number of carbonyl (C=O) groups is 1. The first-order valence-corrected chi connectivity index (χ1v) is 25.3. The molecule has 0 saturated carbocycles. The van der Waals surface area contributed by atoms with Gasteiger partial charge < -0.3 is 0 Å². The van der Waals surface area contributed by atoms with Crippen LogP contribution in [-0.4, -0.2) is 56.4 Å². The molecule has 7 heteroatoms. The fourth-order valence-electron chi connectivity index (χ4n) is 2.24. The SMILES string of the molecule is C/C(=C\[C@H](C)C[C@@H](CI)OC(=O)/C=[C](\C)[Sn]([CH3])([CH3])[CH3])OCOCC[Si](C)(C)C. The first-order chi connectivity index (χ1) is 12.7. The average molecular weight is 631 g/mol. The zero-order valence-corrected chi connectivity index (χ0v) is 25.4. The second kappa shape index (κ2) is 13.7. The van der Waals surface area contributed by atoms with Gasteiger partial charge in [0.15, 0.2) is 0 Å². The van der Waals surface area contributed by atoms with Crippen molar-refractivity contribution in [2.45, 2.75) is 73.8 Å². The summed E-state index contributed by atoms with van der Waals surface area (Å²) in [6.07, 6.45) is 4.50. The first kappa shape index (κ1) is 28.5. The predicted octanol–water partition coefficient (Wildman–Crippen LogP) is 6.42. The third kappa shape index (κ3) is 15.3. The van der Waals surface area contributed by atoms with Crippen molar-refractivity contribution in [3.8, 4) is 0 Å². The van der Waals surface area contributed by atoms with Crippen molar-refractivity contribution in [3.05, 3.63) is 21.5 Å². The van der Waals surface area contributed by atoms with Crippen LogP contribution < -0.4 is 0 Å². The van der Waals surface area contributed by atoms with E-state index in [1.807, 2.05) is 6.92 Å². The van der Waals surface area contributed by atoms with Crippen LogP contribution in [0.2, 0.25) is 40.5 Å². The molecular weight excluding hydrogens is 590 g/mol. The van der Waals surface area contributed by atoms with E-state index in [2.05, 4.69) is 77.0 Å². The fraction of sp³-hybridized carbons (Fsp3) is 0.762. The van der Waals surface area contributed by atoms with Gasteiger partial charge in [-0.2, -0.15) is 0 Å². The van der Waals surface area contributed by atoms with Crippen LogP contribution in [0.5, 0.6) is 0 Å². The van der Waals surface area contributed by atoms with E-state index in [4.69, 9.17) is 14.2 Å². The molecule has 0 unspecified atom stereocenters. The summed E-state index contributed by atoms with van der Waals surface area (Å²) >= 11 is 0.113. The Balaban J connectivity index is 4.42. The number of esters is 1. The topological polar surface area (TPSA) is 44.8 Å². The minimum atomic E-state index is -2.17. The summed E-state index contributed by atoms with van der Waals surface area (Å²) in [6, 6.07) is 1.14. The van der Waals surface area contributed by atoms with Crippen LogP contribution >= 0.6 is 22.6 Å². The van der Waals surface area contributed by atoms with Gasteiger partial charge >= 0.3 is 153 Å². The van der Waals surface area contributed by atoms with Gasteiger partial charge in [0.25, 0.3) is 0 Å². The first-order valence-electron chi connectivity index (χ1n) is 10.1. The Kier molecular flexibility index (Phi) is 13.9. The quantitative estimate of drug-likeness (QED) is 0.0345. The molecule has 0 aromatic carbocycles. The molecule has 0 aromatic heterocycles. The van der Waals surface area contributed by atoms with E-state index in [-0.39, 0.29) is 18.0 Å². The molecule has 0 bridgehead atoms. The molecule has 0 aliphatic rings.